The maximum absolute atomic E-state index is 11.3. The summed E-state index contributed by atoms with van der Waals surface area (Å²) in [4.78, 5) is 21.4. The zero-order valence-corrected chi connectivity index (χ0v) is 9.32. The van der Waals surface area contributed by atoms with Crippen LogP contribution in [0.25, 0.3) is 0 Å². The number of aldehydes is 1. The smallest absolute Gasteiger partial charge is 0.408 e. The lowest BCUT2D eigenvalue weighted by atomic mass is 10.2. The molecule has 0 aliphatic carbocycles. The molecule has 0 heterocycles. The van der Waals surface area contributed by atoms with Gasteiger partial charge in [0.15, 0.2) is 0 Å². The van der Waals surface area contributed by atoms with E-state index in [0.717, 1.165) is 0 Å². The van der Waals surface area contributed by atoms with Crippen LogP contribution in [0.3, 0.4) is 0 Å². The average molecular weight is 211 g/mol. The predicted octanol–water partition coefficient (Wildman–Crippen LogP) is 1.82. The first-order valence-electron chi connectivity index (χ1n) is 4.63. The maximum Gasteiger partial charge on any atom is 0.408 e. The second-order valence-corrected chi connectivity index (χ2v) is 3.93. The van der Waals surface area contributed by atoms with Crippen molar-refractivity contribution >= 4 is 12.4 Å². The third kappa shape index (κ3) is 7.49. The number of amides is 1. The van der Waals surface area contributed by atoms with Crippen molar-refractivity contribution in [2.24, 2.45) is 0 Å². The number of carbonyl (C=O) groups is 2. The van der Waals surface area contributed by atoms with Crippen LogP contribution in [0.5, 0.6) is 0 Å². The topological polar surface area (TPSA) is 55.4 Å². The van der Waals surface area contributed by atoms with Gasteiger partial charge in [-0.15, -0.1) is 6.58 Å². The summed E-state index contributed by atoms with van der Waals surface area (Å²) in [5, 5.41) is 2.53. The van der Waals surface area contributed by atoms with Crippen molar-refractivity contribution in [3.63, 3.8) is 0 Å². The highest BCUT2D eigenvalue weighted by atomic mass is 16.6. The van der Waals surface area contributed by atoms with Gasteiger partial charge in [0.05, 0.1) is 6.04 Å². The molecule has 0 spiro atoms. The summed E-state index contributed by atoms with van der Waals surface area (Å²) >= 11 is 0. The van der Waals surface area contributed by atoms with E-state index in [9.17, 15) is 9.59 Å². The Morgan fingerprint density at radius 2 is 2.07 bits per heavy atom. The molecule has 0 aliphatic rings. The first-order chi connectivity index (χ1) is 6.89. The molecule has 0 aromatic carbocycles. The Morgan fingerprint density at radius 3 is 2.47 bits per heavy atom. The number of ether oxygens (including phenoxy) is 1. The standard InChI is InChI=1S/C11H17NO3/c1-5-9(7-6-8-13)12-10(14)15-11(2,3)4/h5-9H,1H2,2-4H3,(H,12,14)/b7-6+. The molecule has 0 saturated carbocycles. The zero-order chi connectivity index (χ0) is 11.9. The van der Waals surface area contributed by atoms with E-state index in [-0.39, 0.29) is 0 Å². The number of nitrogens with one attached hydrogen (secondary N) is 1. The number of rotatable bonds is 4. The van der Waals surface area contributed by atoms with Gasteiger partial charge in [-0.05, 0) is 26.8 Å². The maximum atomic E-state index is 11.3. The van der Waals surface area contributed by atoms with Crippen LogP contribution in [0.2, 0.25) is 0 Å². The molecule has 15 heavy (non-hydrogen) atoms. The molecule has 0 aromatic heterocycles. The average Bonchev–Trinajstić information content (AvgIpc) is 2.09. The van der Waals surface area contributed by atoms with Gasteiger partial charge in [0, 0.05) is 0 Å². The first kappa shape index (κ1) is 13.4. The van der Waals surface area contributed by atoms with Crippen molar-refractivity contribution in [3.8, 4) is 0 Å². The van der Waals surface area contributed by atoms with Gasteiger partial charge in [0.25, 0.3) is 0 Å². The summed E-state index contributed by atoms with van der Waals surface area (Å²) < 4.78 is 5.03. The summed E-state index contributed by atoms with van der Waals surface area (Å²) in [6.45, 7) is 8.85. The summed E-state index contributed by atoms with van der Waals surface area (Å²) in [6.07, 6.45) is 4.41. The van der Waals surface area contributed by atoms with Crippen molar-refractivity contribution in [2.45, 2.75) is 32.4 Å². The van der Waals surface area contributed by atoms with E-state index in [1.54, 1.807) is 20.8 Å². The van der Waals surface area contributed by atoms with E-state index >= 15 is 0 Å². The molecule has 1 N–H and O–H groups in total. The lowest BCUT2D eigenvalue weighted by molar-refractivity contribution is -0.104. The highest BCUT2D eigenvalue weighted by molar-refractivity contribution is 5.69. The fourth-order valence-corrected chi connectivity index (χ4v) is 0.794. The first-order valence-corrected chi connectivity index (χ1v) is 4.63. The molecule has 1 atom stereocenters. The SMILES string of the molecule is C=CC(/C=C/C=O)NC(=O)OC(C)(C)C. The predicted molar refractivity (Wildman–Crippen MR) is 58.6 cm³/mol. The van der Waals surface area contributed by atoms with Crippen molar-refractivity contribution < 1.29 is 14.3 Å². The van der Waals surface area contributed by atoms with E-state index in [1.165, 1.54) is 18.2 Å². The summed E-state index contributed by atoms with van der Waals surface area (Å²) in [5.41, 5.74) is -0.538. The van der Waals surface area contributed by atoms with Crippen molar-refractivity contribution in [2.75, 3.05) is 0 Å². The molecule has 1 amide bonds. The highest BCUT2D eigenvalue weighted by Crippen LogP contribution is 2.06. The van der Waals surface area contributed by atoms with E-state index in [2.05, 4.69) is 11.9 Å². The van der Waals surface area contributed by atoms with Crippen molar-refractivity contribution in [1.82, 2.24) is 5.32 Å². The number of hydrogen-bond donors (Lipinski definition) is 1. The number of hydrogen-bond acceptors (Lipinski definition) is 3. The summed E-state index contributed by atoms with van der Waals surface area (Å²) in [7, 11) is 0. The molecular weight excluding hydrogens is 194 g/mol. The second kappa shape index (κ2) is 6.01. The van der Waals surface area contributed by atoms with E-state index in [0.29, 0.717) is 6.29 Å². The quantitative estimate of drug-likeness (QED) is 0.438. The molecule has 0 saturated heterocycles. The summed E-state index contributed by atoms with van der Waals surface area (Å²) in [5.74, 6) is 0. The molecule has 1 unspecified atom stereocenters. The Hall–Kier alpha value is -1.58. The van der Waals surface area contributed by atoms with Crippen LogP contribution in [0, 0.1) is 0 Å². The molecule has 4 heteroatoms. The molecule has 0 bridgehead atoms. The molecule has 0 aromatic rings. The van der Waals surface area contributed by atoms with Gasteiger partial charge in [-0.25, -0.2) is 4.79 Å². The Morgan fingerprint density at radius 1 is 1.47 bits per heavy atom. The lowest BCUT2D eigenvalue weighted by Crippen LogP contribution is -2.37. The molecule has 4 nitrogen and oxygen atoms in total. The minimum atomic E-state index is -0.539. The largest absolute Gasteiger partial charge is 0.444 e. The molecular formula is C11H17NO3. The Bertz CT molecular complexity index is 263. The molecule has 0 rings (SSSR count). The van der Waals surface area contributed by atoms with Crippen molar-refractivity contribution in [3.05, 3.63) is 24.8 Å². The van der Waals surface area contributed by atoms with Crippen LogP contribution < -0.4 is 5.32 Å². The van der Waals surface area contributed by atoms with E-state index < -0.39 is 17.7 Å². The number of alkyl carbamates (subject to hydrolysis) is 1. The van der Waals surface area contributed by atoms with Gasteiger partial charge in [0.1, 0.15) is 11.9 Å². The summed E-state index contributed by atoms with van der Waals surface area (Å²) in [6, 6.07) is -0.398. The minimum absolute atomic E-state index is 0.398. The van der Waals surface area contributed by atoms with Gasteiger partial charge in [-0.1, -0.05) is 12.2 Å². The van der Waals surface area contributed by atoms with Crippen LogP contribution in [0.15, 0.2) is 24.8 Å². The molecule has 0 aliphatic heterocycles. The Labute approximate surface area is 90.0 Å². The third-order valence-electron chi connectivity index (χ3n) is 1.33. The Kier molecular flexibility index (Phi) is 5.37. The van der Waals surface area contributed by atoms with Crippen LogP contribution in [0.4, 0.5) is 4.79 Å². The van der Waals surface area contributed by atoms with Crippen molar-refractivity contribution in [1.29, 1.82) is 0 Å². The molecule has 0 fully saturated rings. The lowest BCUT2D eigenvalue weighted by Gasteiger charge is -2.21. The zero-order valence-electron chi connectivity index (χ0n) is 9.32. The fourth-order valence-electron chi connectivity index (χ4n) is 0.794. The number of allylic oxidation sites excluding steroid dienone is 1. The third-order valence-corrected chi connectivity index (χ3v) is 1.33. The van der Waals surface area contributed by atoms with E-state index in [1.807, 2.05) is 0 Å². The van der Waals surface area contributed by atoms with Gasteiger partial charge < -0.3 is 10.1 Å². The van der Waals surface area contributed by atoms with Crippen LogP contribution >= 0.6 is 0 Å². The van der Waals surface area contributed by atoms with E-state index in [4.69, 9.17) is 4.74 Å². The number of carbonyl (C=O) groups excluding carboxylic acids is 2. The van der Waals surface area contributed by atoms with Gasteiger partial charge in [0.2, 0.25) is 0 Å². The van der Waals surface area contributed by atoms with Gasteiger partial charge in [-0.2, -0.15) is 0 Å². The van der Waals surface area contributed by atoms with Crippen LogP contribution in [0.1, 0.15) is 20.8 Å². The molecule has 0 radical (unpaired) electrons. The molecule has 84 valence electrons. The Balaban J connectivity index is 4.19. The minimum Gasteiger partial charge on any atom is -0.444 e. The van der Waals surface area contributed by atoms with Crippen LogP contribution in [-0.4, -0.2) is 24.0 Å². The van der Waals surface area contributed by atoms with Crippen LogP contribution in [-0.2, 0) is 9.53 Å². The fraction of sp³-hybridized carbons (Fsp3) is 0.455. The highest BCUT2D eigenvalue weighted by Gasteiger charge is 2.16. The van der Waals surface area contributed by atoms with Gasteiger partial charge >= 0.3 is 6.09 Å². The monoisotopic (exact) mass is 211 g/mol. The van der Waals surface area contributed by atoms with Gasteiger partial charge in [-0.3, -0.25) is 4.79 Å². The second-order valence-electron chi connectivity index (χ2n) is 3.93. The normalized spacial score (nSPS) is 13.3.